The number of allylic oxidation sites excluding steroid dienone is 1. The Hall–Kier alpha value is -1.34. The number of carbonyl (C=O) groups excluding carboxylic acids is 2. The third-order valence-corrected chi connectivity index (χ3v) is 9.33. The van der Waals surface area contributed by atoms with Crippen molar-refractivity contribution in [3.8, 4) is 0 Å². The van der Waals surface area contributed by atoms with E-state index in [-0.39, 0.29) is 22.9 Å². The molecular formula is C25H36O3. The van der Waals surface area contributed by atoms with E-state index in [1.165, 1.54) is 6.42 Å². The Bertz CT molecular complexity index is 719. The third-order valence-electron chi connectivity index (χ3n) is 9.33. The molecule has 4 aliphatic rings. The fourth-order valence-electron chi connectivity index (χ4n) is 8.37. The number of hydrogen-bond donors (Lipinski definition) is 0. The number of ketones is 1. The van der Waals surface area contributed by atoms with Crippen LogP contribution >= 0.6 is 0 Å². The van der Waals surface area contributed by atoms with Crippen molar-refractivity contribution < 1.29 is 14.3 Å². The Morgan fingerprint density at radius 2 is 1.93 bits per heavy atom. The fraction of sp³-hybridized carbons (Fsp3) is 0.800. The Morgan fingerprint density at radius 3 is 2.61 bits per heavy atom. The fourth-order valence-corrected chi connectivity index (χ4v) is 8.37. The van der Waals surface area contributed by atoms with E-state index in [1.54, 1.807) is 6.92 Å². The predicted octanol–water partition coefficient (Wildman–Crippen LogP) is 5.34. The first kappa shape index (κ1) is 20.0. The first-order valence-corrected chi connectivity index (χ1v) is 11.3. The molecule has 0 aromatic carbocycles. The van der Waals surface area contributed by atoms with Gasteiger partial charge >= 0.3 is 5.97 Å². The predicted molar refractivity (Wildman–Crippen MR) is 109 cm³/mol. The second-order valence-corrected chi connectivity index (χ2v) is 10.7. The molecule has 0 aromatic heterocycles. The largest absolute Gasteiger partial charge is 0.462 e. The number of fused-ring (bicyclic) bond motifs is 5. The van der Waals surface area contributed by atoms with Gasteiger partial charge in [-0.3, -0.25) is 9.59 Å². The van der Waals surface area contributed by atoms with E-state index in [9.17, 15) is 9.59 Å². The molecule has 0 saturated heterocycles. The average molecular weight is 385 g/mol. The molecule has 0 N–H and O–H groups in total. The minimum absolute atomic E-state index is 0.0443. The average Bonchev–Trinajstić information content (AvgIpc) is 2.88. The molecular weight excluding hydrogens is 348 g/mol. The topological polar surface area (TPSA) is 43.4 Å². The van der Waals surface area contributed by atoms with E-state index in [1.807, 2.05) is 0 Å². The quantitative estimate of drug-likeness (QED) is 0.476. The van der Waals surface area contributed by atoms with Crippen LogP contribution in [0, 0.1) is 46.3 Å². The monoisotopic (exact) mass is 384 g/mol. The molecule has 0 radical (unpaired) electrons. The Labute approximate surface area is 170 Å². The summed E-state index contributed by atoms with van der Waals surface area (Å²) < 4.78 is 5.88. The molecule has 3 heteroatoms. The first-order valence-electron chi connectivity index (χ1n) is 11.3. The van der Waals surface area contributed by atoms with E-state index < -0.39 is 0 Å². The van der Waals surface area contributed by atoms with Crippen LogP contribution in [0.4, 0.5) is 0 Å². The number of carbonyl (C=O) groups is 2. The lowest BCUT2D eigenvalue weighted by molar-refractivity contribution is -0.165. The zero-order valence-corrected chi connectivity index (χ0v) is 18.0. The van der Waals surface area contributed by atoms with Crippen molar-refractivity contribution in [3.05, 3.63) is 18.4 Å². The number of ether oxygens (including phenoxy) is 1. The molecule has 0 aliphatic heterocycles. The van der Waals surface area contributed by atoms with Gasteiger partial charge in [-0.05, 0) is 73.7 Å². The Kier molecular flexibility index (Phi) is 4.90. The van der Waals surface area contributed by atoms with Crippen LogP contribution < -0.4 is 0 Å². The molecule has 4 fully saturated rings. The molecule has 4 saturated carbocycles. The van der Waals surface area contributed by atoms with Crippen LogP contribution in [0.3, 0.4) is 0 Å². The maximum absolute atomic E-state index is 12.3. The number of hydrogen-bond acceptors (Lipinski definition) is 3. The zero-order chi connectivity index (χ0) is 20.3. The normalized spacial score (nSPS) is 50.0. The molecule has 3 nitrogen and oxygen atoms in total. The smallest absolute Gasteiger partial charge is 0.302 e. The lowest BCUT2D eigenvalue weighted by Gasteiger charge is -2.61. The van der Waals surface area contributed by atoms with Crippen molar-refractivity contribution in [2.45, 2.75) is 78.7 Å². The van der Waals surface area contributed by atoms with Crippen LogP contribution in [0.1, 0.15) is 72.6 Å². The van der Waals surface area contributed by atoms with E-state index in [0.717, 1.165) is 32.1 Å². The summed E-state index contributed by atoms with van der Waals surface area (Å²) in [5.74, 6) is 3.55. The van der Waals surface area contributed by atoms with Crippen LogP contribution in [0.15, 0.2) is 18.4 Å². The van der Waals surface area contributed by atoms with Crippen LogP contribution in [-0.2, 0) is 14.3 Å². The van der Waals surface area contributed by atoms with E-state index in [4.69, 9.17) is 4.74 Å². The molecule has 0 aromatic rings. The first-order chi connectivity index (χ1) is 13.2. The maximum Gasteiger partial charge on any atom is 0.302 e. The summed E-state index contributed by atoms with van der Waals surface area (Å²) in [4.78, 5) is 24.1. The van der Waals surface area contributed by atoms with E-state index in [2.05, 4.69) is 39.2 Å². The van der Waals surface area contributed by atoms with Gasteiger partial charge in [-0.2, -0.15) is 0 Å². The molecule has 0 spiro atoms. The molecule has 4 rings (SSSR count). The van der Waals surface area contributed by atoms with E-state index >= 15 is 0 Å². The molecule has 0 heterocycles. The van der Waals surface area contributed by atoms with Gasteiger partial charge in [-0.15, -0.1) is 5.73 Å². The highest BCUT2D eigenvalue weighted by atomic mass is 16.5. The van der Waals surface area contributed by atoms with Crippen molar-refractivity contribution in [3.63, 3.8) is 0 Å². The molecule has 28 heavy (non-hydrogen) atoms. The van der Waals surface area contributed by atoms with Crippen LogP contribution in [0.5, 0.6) is 0 Å². The van der Waals surface area contributed by atoms with Gasteiger partial charge in [0.05, 0.1) is 0 Å². The standard InChI is InChI=1S/C25H36O3/c1-6-9-25-11-7-18(27)14-21(25)15(2)12-19-20(25)8-10-24(5)22(19)13-16(3)23(24)28-17(4)26/h9,15-16,19-23H,1,7-8,10-14H2,2-5H3/t15-,16-,19-,20+,21-,22+,23+,24+,25?/m1/s1. The Morgan fingerprint density at radius 1 is 1.18 bits per heavy atom. The molecule has 0 amide bonds. The van der Waals surface area contributed by atoms with Crippen LogP contribution in [0.2, 0.25) is 0 Å². The van der Waals surface area contributed by atoms with Crippen molar-refractivity contribution >= 4 is 11.8 Å². The van der Waals surface area contributed by atoms with Gasteiger partial charge in [0.1, 0.15) is 11.9 Å². The summed E-state index contributed by atoms with van der Waals surface area (Å²) in [7, 11) is 0. The van der Waals surface area contributed by atoms with Gasteiger partial charge in [0.25, 0.3) is 0 Å². The van der Waals surface area contributed by atoms with Gasteiger partial charge in [0, 0.05) is 30.6 Å². The molecule has 0 bridgehead atoms. The van der Waals surface area contributed by atoms with Gasteiger partial charge in [0.2, 0.25) is 0 Å². The second kappa shape index (κ2) is 6.87. The minimum Gasteiger partial charge on any atom is -0.462 e. The van der Waals surface area contributed by atoms with Crippen molar-refractivity contribution in [2.75, 3.05) is 0 Å². The van der Waals surface area contributed by atoms with Gasteiger partial charge in [-0.1, -0.05) is 27.4 Å². The lowest BCUT2D eigenvalue weighted by Crippen LogP contribution is -2.57. The molecule has 9 atom stereocenters. The molecule has 1 unspecified atom stereocenters. The highest BCUT2D eigenvalue weighted by molar-refractivity contribution is 5.80. The summed E-state index contributed by atoms with van der Waals surface area (Å²) in [5, 5.41) is 0. The second-order valence-electron chi connectivity index (χ2n) is 10.7. The number of Topliss-reactive ketones (excluding diaryl/α,β-unsaturated/α-hetero) is 1. The number of rotatable bonds is 2. The summed E-state index contributed by atoms with van der Waals surface area (Å²) in [6, 6.07) is 0. The van der Waals surface area contributed by atoms with E-state index in [0.29, 0.717) is 47.7 Å². The van der Waals surface area contributed by atoms with Crippen molar-refractivity contribution in [1.29, 1.82) is 0 Å². The summed E-state index contributed by atoms with van der Waals surface area (Å²) in [6.07, 6.45) is 9.35. The SMILES string of the molecule is C=C=CC12CCC(=O)C[C@@H]1[C@H](C)C[C@@H]1[C@@H]2CC[C@@]2(C)[C@H]1C[C@@H](C)[C@@H]2OC(C)=O. The zero-order valence-electron chi connectivity index (χ0n) is 18.0. The maximum atomic E-state index is 12.3. The van der Waals surface area contributed by atoms with Crippen LogP contribution in [-0.4, -0.2) is 17.9 Å². The van der Waals surface area contributed by atoms with Gasteiger partial charge < -0.3 is 4.74 Å². The minimum atomic E-state index is -0.144. The molecule has 4 aliphatic carbocycles. The van der Waals surface area contributed by atoms with Crippen molar-refractivity contribution in [1.82, 2.24) is 0 Å². The van der Waals surface area contributed by atoms with Crippen molar-refractivity contribution in [2.24, 2.45) is 46.3 Å². The summed E-state index contributed by atoms with van der Waals surface area (Å²) >= 11 is 0. The lowest BCUT2D eigenvalue weighted by atomic mass is 9.42. The Balaban J connectivity index is 1.71. The third kappa shape index (κ3) is 2.76. The summed E-state index contributed by atoms with van der Waals surface area (Å²) in [6.45, 7) is 12.5. The van der Waals surface area contributed by atoms with Gasteiger partial charge in [0.15, 0.2) is 0 Å². The highest BCUT2D eigenvalue weighted by Crippen LogP contribution is 2.68. The van der Waals surface area contributed by atoms with Crippen LogP contribution in [0.25, 0.3) is 0 Å². The molecule has 154 valence electrons. The van der Waals surface area contributed by atoms with Gasteiger partial charge in [-0.25, -0.2) is 0 Å². The highest BCUT2D eigenvalue weighted by Gasteiger charge is 2.64. The summed E-state index contributed by atoms with van der Waals surface area (Å²) in [5.41, 5.74) is 3.32. The number of esters is 1.